The fourth-order valence-corrected chi connectivity index (χ4v) is 3.26. The summed E-state index contributed by atoms with van der Waals surface area (Å²) < 4.78 is 0. The van der Waals surface area contributed by atoms with E-state index in [1.165, 1.54) is 24.0 Å². The number of nitrogens with zero attached hydrogens (tertiary/aromatic N) is 1. The Bertz CT molecular complexity index is 644. The zero-order valence-corrected chi connectivity index (χ0v) is 13.0. The summed E-state index contributed by atoms with van der Waals surface area (Å²) in [4.78, 5) is 4.48. The summed E-state index contributed by atoms with van der Waals surface area (Å²) in [6, 6.07) is 10.9. The van der Waals surface area contributed by atoms with Gasteiger partial charge in [0.2, 0.25) is 0 Å². The van der Waals surface area contributed by atoms with E-state index < -0.39 is 0 Å². The molecule has 0 bridgehead atoms. The Morgan fingerprint density at radius 3 is 2.77 bits per heavy atom. The van der Waals surface area contributed by atoms with Crippen LogP contribution in [0, 0.1) is 0 Å². The highest BCUT2D eigenvalue weighted by atomic mass is 14.7. The van der Waals surface area contributed by atoms with Gasteiger partial charge in [0.15, 0.2) is 0 Å². The average Bonchev–Trinajstić information content (AvgIpc) is 3.05. The van der Waals surface area contributed by atoms with Crippen LogP contribution < -0.4 is 0 Å². The molecular weight excluding hydrogens is 266 g/mol. The van der Waals surface area contributed by atoms with Gasteiger partial charge < -0.3 is 0 Å². The predicted molar refractivity (Wildman–Crippen MR) is 95.5 cm³/mol. The quantitative estimate of drug-likeness (QED) is 0.665. The van der Waals surface area contributed by atoms with Gasteiger partial charge in [-0.3, -0.25) is 4.99 Å². The molecule has 1 atom stereocenters. The molecule has 1 nitrogen and oxygen atoms in total. The fraction of sp³-hybridized carbons (Fsp3) is 0.286. The molecule has 0 spiro atoms. The van der Waals surface area contributed by atoms with Crippen LogP contribution >= 0.6 is 0 Å². The molecule has 22 heavy (non-hydrogen) atoms. The van der Waals surface area contributed by atoms with Crippen LogP contribution in [0.25, 0.3) is 0 Å². The highest BCUT2D eigenvalue weighted by molar-refractivity contribution is 6.05. The van der Waals surface area contributed by atoms with E-state index >= 15 is 0 Å². The standard InChI is InChI=1S/C21H23N/c1-2-20-15-17(16-22-20)13-14-21(18-9-5-3-6-10-18)19-11-7-4-8-12-19/h2-7,9-11,15,21H,1,8,12-14,16H2. The number of allylic oxidation sites excluding steroid dienone is 6. The van der Waals surface area contributed by atoms with Crippen molar-refractivity contribution >= 4 is 5.71 Å². The molecule has 0 fully saturated rings. The van der Waals surface area contributed by atoms with E-state index in [1.54, 1.807) is 5.57 Å². The van der Waals surface area contributed by atoms with Crippen LogP contribution in [0.4, 0.5) is 0 Å². The van der Waals surface area contributed by atoms with Crippen molar-refractivity contribution in [1.82, 2.24) is 0 Å². The summed E-state index contributed by atoms with van der Waals surface area (Å²) in [5.41, 5.74) is 5.47. The molecule has 0 radical (unpaired) electrons. The number of aliphatic imine (C=N–C) groups is 1. The van der Waals surface area contributed by atoms with E-state index in [1.807, 2.05) is 6.08 Å². The van der Waals surface area contributed by atoms with Crippen molar-refractivity contribution < 1.29 is 0 Å². The van der Waals surface area contributed by atoms with Crippen LogP contribution in [0.2, 0.25) is 0 Å². The first-order valence-corrected chi connectivity index (χ1v) is 8.13. The van der Waals surface area contributed by atoms with Gasteiger partial charge in [-0.15, -0.1) is 0 Å². The van der Waals surface area contributed by atoms with Crippen LogP contribution in [-0.2, 0) is 0 Å². The monoisotopic (exact) mass is 289 g/mol. The molecule has 1 aromatic rings. The third-order valence-corrected chi connectivity index (χ3v) is 4.48. The number of hydrogen-bond acceptors (Lipinski definition) is 1. The molecule has 0 saturated carbocycles. The maximum absolute atomic E-state index is 4.48. The Labute approximate surface area is 133 Å². The highest BCUT2D eigenvalue weighted by Crippen LogP contribution is 2.34. The van der Waals surface area contributed by atoms with Crippen LogP contribution in [0.15, 0.2) is 83.4 Å². The molecule has 0 saturated heterocycles. The molecule has 1 unspecified atom stereocenters. The second kappa shape index (κ2) is 7.22. The van der Waals surface area contributed by atoms with Crippen LogP contribution in [0.5, 0.6) is 0 Å². The van der Waals surface area contributed by atoms with Crippen molar-refractivity contribution in [2.45, 2.75) is 31.6 Å². The molecule has 1 aromatic carbocycles. The molecule has 0 N–H and O–H groups in total. The molecule has 1 aliphatic carbocycles. The van der Waals surface area contributed by atoms with Crippen molar-refractivity contribution in [2.75, 3.05) is 6.54 Å². The molecule has 1 heteroatoms. The molecule has 0 aromatic heterocycles. The summed E-state index contributed by atoms with van der Waals surface area (Å²) in [6.07, 6.45) is 15.5. The van der Waals surface area contributed by atoms with Gasteiger partial charge in [0, 0.05) is 5.92 Å². The second-order valence-corrected chi connectivity index (χ2v) is 5.96. The van der Waals surface area contributed by atoms with Gasteiger partial charge in [-0.2, -0.15) is 0 Å². The van der Waals surface area contributed by atoms with Gasteiger partial charge >= 0.3 is 0 Å². The van der Waals surface area contributed by atoms with E-state index in [9.17, 15) is 0 Å². The normalized spacial score (nSPS) is 18.5. The lowest BCUT2D eigenvalue weighted by Crippen LogP contribution is -2.05. The smallest absolute Gasteiger partial charge is 0.0610 e. The molecule has 112 valence electrons. The molecule has 1 aliphatic heterocycles. The molecule has 1 heterocycles. The minimum atomic E-state index is 0.528. The van der Waals surface area contributed by atoms with Gasteiger partial charge in [0.1, 0.15) is 0 Å². The lowest BCUT2D eigenvalue weighted by Gasteiger charge is -2.22. The van der Waals surface area contributed by atoms with Crippen molar-refractivity contribution in [3.8, 4) is 0 Å². The Morgan fingerprint density at radius 2 is 2.09 bits per heavy atom. The topological polar surface area (TPSA) is 12.4 Å². The SMILES string of the molecule is C=CC1=NCC(CCC(C2=CC=CCC2)c2ccccc2)=C1. The Kier molecular flexibility index (Phi) is 4.85. The predicted octanol–water partition coefficient (Wildman–Crippen LogP) is 5.39. The molecule has 3 rings (SSSR count). The largest absolute Gasteiger partial charge is 0.281 e. The van der Waals surface area contributed by atoms with Gasteiger partial charge in [-0.1, -0.05) is 60.7 Å². The van der Waals surface area contributed by atoms with Crippen molar-refractivity contribution in [3.05, 3.63) is 84.0 Å². The molecule has 0 amide bonds. The maximum Gasteiger partial charge on any atom is 0.0610 e. The first-order chi connectivity index (χ1) is 10.9. The second-order valence-electron chi connectivity index (χ2n) is 5.96. The van der Waals surface area contributed by atoms with Gasteiger partial charge in [0.25, 0.3) is 0 Å². The fourth-order valence-electron chi connectivity index (χ4n) is 3.26. The van der Waals surface area contributed by atoms with Crippen LogP contribution in [0.1, 0.15) is 37.2 Å². The van der Waals surface area contributed by atoms with Gasteiger partial charge in [-0.25, -0.2) is 0 Å². The zero-order valence-electron chi connectivity index (χ0n) is 13.0. The van der Waals surface area contributed by atoms with E-state index in [-0.39, 0.29) is 0 Å². The Morgan fingerprint density at radius 1 is 1.23 bits per heavy atom. The number of hydrogen-bond donors (Lipinski definition) is 0. The summed E-state index contributed by atoms with van der Waals surface area (Å²) >= 11 is 0. The minimum Gasteiger partial charge on any atom is -0.281 e. The zero-order chi connectivity index (χ0) is 15.2. The van der Waals surface area contributed by atoms with E-state index in [2.05, 4.69) is 66.2 Å². The minimum absolute atomic E-state index is 0.528. The Hall–Kier alpha value is -2.15. The van der Waals surface area contributed by atoms with Crippen molar-refractivity contribution in [2.24, 2.45) is 4.99 Å². The van der Waals surface area contributed by atoms with Crippen molar-refractivity contribution in [3.63, 3.8) is 0 Å². The summed E-state index contributed by atoms with van der Waals surface area (Å²) in [5.74, 6) is 0.528. The van der Waals surface area contributed by atoms with Crippen LogP contribution in [0.3, 0.4) is 0 Å². The Balaban J connectivity index is 1.74. The van der Waals surface area contributed by atoms with E-state index in [0.29, 0.717) is 5.92 Å². The summed E-state index contributed by atoms with van der Waals surface area (Å²) in [7, 11) is 0. The van der Waals surface area contributed by atoms with Gasteiger partial charge in [-0.05, 0) is 49.0 Å². The first kappa shape index (κ1) is 14.8. The number of rotatable bonds is 6. The van der Waals surface area contributed by atoms with Crippen LogP contribution in [-0.4, -0.2) is 12.3 Å². The maximum atomic E-state index is 4.48. The van der Waals surface area contributed by atoms with E-state index in [0.717, 1.165) is 25.1 Å². The molecule has 2 aliphatic rings. The average molecular weight is 289 g/mol. The summed E-state index contributed by atoms with van der Waals surface area (Å²) in [6.45, 7) is 4.65. The van der Waals surface area contributed by atoms with E-state index in [4.69, 9.17) is 0 Å². The third kappa shape index (κ3) is 3.54. The first-order valence-electron chi connectivity index (χ1n) is 8.13. The highest BCUT2D eigenvalue weighted by Gasteiger charge is 2.18. The molecular formula is C21H23N. The van der Waals surface area contributed by atoms with Gasteiger partial charge in [0.05, 0.1) is 12.3 Å². The lowest BCUT2D eigenvalue weighted by molar-refractivity contribution is 0.664. The summed E-state index contributed by atoms with van der Waals surface area (Å²) in [5, 5.41) is 0. The van der Waals surface area contributed by atoms with Crippen molar-refractivity contribution in [1.29, 1.82) is 0 Å². The number of benzene rings is 1. The lowest BCUT2D eigenvalue weighted by atomic mass is 9.82. The third-order valence-electron chi connectivity index (χ3n) is 4.48.